The summed E-state index contributed by atoms with van der Waals surface area (Å²) in [6.07, 6.45) is 10.8. The van der Waals surface area contributed by atoms with Crippen LogP contribution in [0.1, 0.15) is 70.9 Å². The van der Waals surface area contributed by atoms with E-state index < -0.39 is 0 Å². The Bertz CT molecular complexity index is 644. The van der Waals surface area contributed by atoms with E-state index in [1.54, 1.807) is 17.4 Å². The summed E-state index contributed by atoms with van der Waals surface area (Å²) in [5.74, 6) is 0. The molecule has 0 saturated carbocycles. The van der Waals surface area contributed by atoms with E-state index in [0.29, 0.717) is 0 Å². The third kappa shape index (κ3) is 5.69. The first-order chi connectivity index (χ1) is 11.2. The number of pyridine rings is 1. The lowest BCUT2D eigenvalue weighted by atomic mass is 10.1. The monoisotopic (exact) mass is 335 g/mol. The molecular formula is C19H29NO2S. The summed E-state index contributed by atoms with van der Waals surface area (Å²) in [5.41, 5.74) is 1.17. The fraction of sp³-hybridized carbons (Fsp3) is 0.632. The van der Waals surface area contributed by atoms with Crippen molar-refractivity contribution in [3.05, 3.63) is 28.0 Å². The Morgan fingerprint density at radius 2 is 1.74 bits per heavy atom. The van der Waals surface area contributed by atoms with Crippen molar-refractivity contribution < 1.29 is 4.74 Å². The second-order valence-corrected chi connectivity index (χ2v) is 7.20. The minimum atomic E-state index is 0.112. The molecule has 2 aromatic heterocycles. The number of aromatic nitrogens is 1. The van der Waals surface area contributed by atoms with E-state index in [1.165, 1.54) is 32.1 Å². The minimum absolute atomic E-state index is 0.112. The number of H-pyrrole nitrogens is 1. The van der Waals surface area contributed by atoms with Crippen LogP contribution in [0.25, 0.3) is 10.2 Å². The van der Waals surface area contributed by atoms with Crippen LogP contribution in [0.4, 0.5) is 0 Å². The first-order valence-electron chi connectivity index (χ1n) is 9.03. The van der Waals surface area contributed by atoms with E-state index in [2.05, 4.69) is 18.8 Å². The van der Waals surface area contributed by atoms with E-state index in [0.717, 1.165) is 53.3 Å². The fourth-order valence-electron chi connectivity index (χ4n) is 2.68. The zero-order chi connectivity index (χ0) is 16.5. The molecule has 0 bridgehead atoms. The molecule has 0 fully saturated rings. The maximum absolute atomic E-state index is 12.2. The summed E-state index contributed by atoms with van der Waals surface area (Å²) in [5, 5.41) is 1.60. The first-order valence-corrected chi connectivity index (χ1v) is 9.84. The van der Waals surface area contributed by atoms with Crippen molar-refractivity contribution in [3.63, 3.8) is 0 Å². The Morgan fingerprint density at radius 1 is 1.00 bits per heavy atom. The second-order valence-electron chi connectivity index (χ2n) is 6.19. The van der Waals surface area contributed by atoms with Crippen LogP contribution in [0.5, 0.6) is 5.06 Å². The smallest absolute Gasteiger partial charge is 0.190 e. The summed E-state index contributed by atoms with van der Waals surface area (Å²) in [6.45, 7) is 5.11. The average Bonchev–Trinajstić information content (AvgIpc) is 2.94. The quantitative estimate of drug-likeness (QED) is 0.537. The number of aromatic amines is 1. The number of unbranched alkanes of at least 4 members (excludes halogenated alkanes) is 6. The highest BCUT2D eigenvalue weighted by molar-refractivity contribution is 7.20. The molecule has 0 amide bonds. The van der Waals surface area contributed by atoms with Crippen LogP contribution in [0.3, 0.4) is 0 Å². The van der Waals surface area contributed by atoms with Gasteiger partial charge in [-0.25, -0.2) is 0 Å². The Labute approximate surface area is 143 Å². The first kappa shape index (κ1) is 18.1. The molecule has 0 aliphatic heterocycles. The standard InChI is InChI=1S/C19H29NO2S/c1-3-5-7-8-9-10-11-15-13-17(21)16-14-18(22-12-6-4-2)23-19(16)20-15/h13-14H,3-12H2,1-2H3,(H,20,21). The number of rotatable bonds is 11. The number of ether oxygens (including phenoxy) is 1. The zero-order valence-corrected chi connectivity index (χ0v) is 15.3. The lowest BCUT2D eigenvalue weighted by Gasteiger charge is -2.02. The van der Waals surface area contributed by atoms with Crippen molar-refractivity contribution in [1.29, 1.82) is 0 Å². The molecule has 0 saturated heterocycles. The molecule has 0 unspecified atom stereocenters. The van der Waals surface area contributed by atoms with Crippen LogP contribution < -0.4 is 10.2 Å². The summed E-state index contributed by atoms with van der Waals surface area (Å²) in [7, 11) is 0. The molecule has 0 radical (unpaired) electrons. The molecule has 0 aliphatic rings. The van der Waals surface area contributed by atoms with Gasteiger partial charge >= 0.3 is 0 Å². The van der Waals surface area contributed by atoms with Crippen molar-refractivity contribution in [3.8, 4) is 5.06 Å². The van der Waals surface area contributed by atoms with Gasteiger partial charge in [-0.3, -0.25) is 4.79 Å². The second kappa shape index (κ2) is 9.76. The lowest BCUT2D eigenvalue weighted by Crippen LogP contribution is -2.03. The van der Waals surface area contributed by atoms with Crippen LogP contribution in [0, 0.1) is 0 Å². The predicted molar refractivity (Wildman–Crippen MR) is 99.9 cm³/mol. The van der Waals surface area contributed by atoms with Gasteiger partial charge in [0, 0.05) is 17.8 Å². The maximum atomic E-state index is 12.2. The zero-order valence-electron chi connectivity index (χ0n) is 14.5. The number of nitrogens with one attached hydrogen (secondary N) is 1. The third-order valence-corrected chi connectivity index (χ3v) is 5.06. The maximum Gasteiger partial charge on any atom is 0.190 e. The van der Waals surface area contributed by atoms with E-state index in [9.17, 15) is 4.79 Å². The van der Waals surface area contributed by atoms with E-state index in [4.69, 9.17) is 4.74 Å². The average molecular weight is 336 g/mol. The van der Waals surface area contributed by atoms with Crippen molar-refractivity contribution >= 4 is 21.6 Å². The Hall–Kier alpha value is -1.29. The molecule has 0 aromatic carbocycles. The molecule has 3 nitrogen and oxygen atoms in total. The van der Waals surface area contributed by atoms with Gasteiger partial charge < -0.3 is 9.72 Å². The number of hydrogen-bond acceptors (Lipinski definition) is 3. The Morgan fingerprint density at radius 3 is 2.52 bits per heavy atom. The Balaban J connectivity index is 1.93. The van der Waals surface area contributed by atoms with Gasteiger partial charge in [0.15, 0.2) is 10.5 Å². The van der Waals surface area contributed by atoms with Crippen molar-refractivity contribution in [1.82, 2.24) is 4.98 Å². The van der Waals surface area contributed by atoms with Crippen LogP contribution in [0.2, 0.25) is 0 Å². The highest BCUT2D eigenvalue weighted by atomic mass is 32.1. The minimum Gasteiger partial charge on any atom is -0.484 e. The van der Waals surface area contributed by atoms with Gasteiger partial charge in [-0.15, -0.1) is 0 Å². The molecule has 4 heteroatoms. The number of fused-ring (bicyclic) bond motifs is 1. The largest absolute Gasteiger partial charge is 0.484 e. The van der Waals surface area contributed by atoms with E-state index >= 15 is 0 Å². The third-order valence-electron chi connectivity index (χ3n) is 4.10. The van der Waals surface area contributed by atoms with Crippen LogP contribution >= 0.6 is 11.3 Å². The number of thiophene rings is 1. The molecular weight excluding hydrogens is 306 g/mol. The van der Waals surface area contributed by atoms with Gasteiger partial charge in [-0.1, -0.05) is 63.7 Å². The molecule has 2 rings (SSSR count). The van der Waals surface area contributed by atoms with Crippen molar-refractivity contribution in [2.45, 2.75) is 71.6 Å². The van der Waals surface area contributed by atoms with Gasteiger partial charge in [0.25, 0.3) is 0 Å². The topological polar surface area (TPSA) is 42.1 Å². The van der Waals surface area contributed by atoms with Crippen molar-refractivity contribution in [2.75, 3.05) is 6.61 Å². The summed E-state index contributed by atoms with van der Waals surface area (Å²) >= 11 is 1.55. The lowest BCUT2D eigenvalue weighted by molar-refractivity contribution is 0.318. The van der Waals surface area contributed by atoms with Crippen molar-refractivity contribution in [2.24, 2.45) is 0 Å². The molecule has 1 N–H and O–H groups in total. The fourth-order valence-corrected chi connectivity index (χ4v) is 3.65. The summed E-state index contributed by atoms with van der Waals surface area (Å²) < 4.78 is 5.72. The number of hydrogen-bond donors (Lipinski definition) is 1. The highest BCUT2D eigenvalue weighted by Gasteiger charge is 2.08. The molecule has 0 atom stereocenters. The normalized spacial score (nSPS) is 11.2. The molecule has 0 aliphatic carbocycles. The molecule has 0 spiro atoms. The molecule has 2 aromatic rings. The molecule has 128 valence electrons. The van der Waals surface area contributed by atoms with Gasteiger partial charge in [-0.2, -0.15) is 0 Å². The van der Waals surface area contributed by atoms with Crippen LogP contribution in [-0.4, -0.2) is 11.6 Å². The SMILES string of the molecule is CCCCCCCCc1cc(=O)c2cc(OCCCC)sc2[nH]1. The summed E-state index contributed by atoms with van der Waals surface area (Å²) in [4.78, 5) is 16.6. The van der Waals surface area contributed by atoms with Crippen LogP contribution in [-0.2, 0) is 6.42 Å². The van der Waals surface area contributed by atoms with E-state index in [1.807, 2.05) is 6.07 Å². The van der Waals surface area contributed by atoms with Gasteiger partial charge in [0.2, 0.25) is 0 Å². The van der Waals surface area contributed by atoms with Crippen LogP contribution in [0.15, 0.2) is 16.9 Å². The molecule has 23 heavy (non-hydrogen) atoms. The summed E-state index contributed by atoms with van der Waals surface area (Å²) in [6, 6.07) is 3.64. The Kier molecular flexibility index (Phi) is 7.66. The van der Waals surface area contributed by atoms with Gasteiger partial charge in [0.1, 0.15) is 4.83 Å². The van der Waals surface area contributed by atoms with E-state index in [-0.39, 0.29) is 5.43 Å². The van der Waals surface area contributed by atoms with Gasteiger partial charge in [0.05, 0.1) is 12.0 Å². The molecule has 2 heterocycles. The highest BCUT2D eigenvalue weighted by Crippen LogP contribution is 2.29. The predicted octanol–water partition coefficient (Wildman–Crippen LogP) is 5.67. The van der Waals surface area contributed by atoms with Gasteiger partial charge in [-0.05, 0) is 19.3 Å². The number of aryl methyl sites for hydroxylation is 1.